The van der Waals surface area contributed by atoms with Gasteiger partial charge in [-0.2, -0.15) is 13.5 Å². The molecule has 222 valence electrons. The number of allylic oxidation sites excluding steroid dienone is 1. The molecule has 0 saturated carbocycles. The zero-order valence-electron chi connectivity index (χ0n) is 21.9. The number of phenolic OH excluding ortho intramolecular Hbond substituents is 2. The maximum atomic E-state index is 12.6. The number of anilines is 1. The van der Waals surface area contributed by atoms with E-state index in [0.29, 0.717) is 5.69 Å². The molecule has 0 aliphatic carbocycles. The van der Waals surface area contributed by atoms with Crippen molar-refractivity contribution in [3.63, 3.8) is 0 Å². The lowest BCUT2D eigenvalue weighted by atomic mass is 10.1. The van der Waals surface area contributed by atoms with Crippen molar-refractivity contribution in [3.8, 4) is 11.5 Å². The van der Waals surface area contributed by atoms with Crippen molar-refractivity contribution in [1.29, 1.82) is 0 Å². The Morgan fingerprint density at radius 3 is 2.21 bits per heavy atom. The molecule has 4 rings (SSSR count). The highest BCUT2D eigenvalue weighted by molar-refractivity contribution is 7.89. The van der Waals surface area contributed by atoms with Crippen molar-refractivity contribution >= 4 is 59.6 Å². The Balaban J connectivity index is 1.74. The van der Waals surface area contributed by atoms with Gasteiger partial charge in [-0.25, -0.2) is 13.6 Å². The Morgan fingerprint density at radius 1 is 0.884 bits per heavy atom. The molecule has 0 fully saturated rings. The van der Waals surface area contributed by atoms with Gasteiger partial charge in [0.25, 0.3) is 16.0 Å². The number of aliphatic hydroxyl groups is 1. The van der Waals surface area contributed by atoms with Crippen LogP contribution in [0.25, 0.3) is 10.8 Å². The molecule has 0 atom stereocenters. The normalized spacial score (nSPS) is 13.0. The molecule has 0 bridgehead atoms. The van der Waals surface area contributed by atoms with Gasteiger partial charge in [0.15, 0.2) is 11.4 Å². The van der Waals surface area contributed by atoms with Gasteiger partial charge in [0.05, 0.1) is 10.6 Å². The van der Waals surface area contributed by atoms with E-state index < -0.39 is 70.2 Å². The van der Waals surface area contributed by atoms with E-state index in [4.69, 9.17) is 5.14 Å². The summed E-state index contributed by atoms with van der Waals surface area (Å²) in [6.45, 7) is 1.23. The van der Waals surface area contributed by atoms with E-state index in [1.807, 2.05) is 0 Å². The Bertz CT molecular complexity index is 2060. The summed E-state index contributed by atoms with van der Waals surface area (Å²) in [6.07, 6.45) is 0. The Hall–Kier alpha value is -5.23. The summed E-state index contributed by atoms with van der Waals surface area (Å²) < 4.78 is 57.5. The van der Waals surface area contributed by atoms with Crippen molar-refractivity contribution in [3.05, 3.63) is 84.3 Å². The number of nitrogens with two attached hydrogens (primary N) is 1. The maximum absolute atomic E-state index is 12.6. The van der Waals surface area contributed by atoms with Crippen molar-refractivity contribution in [1.82, 2.24) is 0 Å². The highest BCUT2D eigenvalue weighted by Crippen LogP contribution is 2.43. The standard InChI is InChI=1S/C26H22N6O9S2/c1-14(33)23(26(36)28-16-5-3-2-4-6-16)31-29-17-7-9-19-15(11-17)12-22(43(39,40)41)24(25(19)35)32-30-20-13-18(42(27,37)38)8-10-21(20)34/h2-13,33-35H,1H3,(H,28,36)(H2,27,37,38)(H,39,40,41)/b23-14-,31-29?,32-30?. The van der Waals surface area contributed by atoms with Gasteiger partial charge in [-0.05, 0) is 66.9 Å². The number of phenols is 2. The fourth-order valence-electron chi connectivity index (χ4n) is 3.66. The van der Waals surface area contributed by atoms with E-state index in [-0.39, 0.29) is 16.5 Å². The van der Waals surface area contributed by atoms with Crippen LogP contribution >= 0.6 is 0 Å². The predicted octanol–water partition coefficient (Wildman–Crippen LogP) is 5.07. The summed E-state index contributed by atoms with van der Waals surface area (Å²) in [6, 6.07) is 16.1. The van der Waals surface area contributed by atoms with E-state index in [1.54, 1.807) is 30.3 Å². The molecule has 4 aromatic rings. The number of aliphatic hydroxyl groups excluding tert-OH is 1. The summed E-state index contributed by atoms with van der Waals surface area (Å²) in [7, 11) is -9.21. The van der Waals surface area contributed by atoms with E-state index in [0.717, 1.165) is 24.3 Å². The molecule has 1 amide bonds. The number of sulfonamides is 1. The fourth-order valence-corrected chi connectivity index (χ4v) is 4.85. The summed E-state index contributed by atoms with van der Waals surface area (Å²) >= 11 is 0. The number of para-hydroxylation sites is 1. The lowest BCUT2D eigenvalue weighted by molar-refractivity contribution is -0.113. The van der Waals surface area contributed by atoms with Crippen LogP contribution in [0.2, 0.25) is 0 Å². The summed E-state index contributed by atoms with van der Waals surface area (Å²) in [4.78, 5) is 11.3. The van der Waals surface area contributed by atoms with Gasteiger partial charge < -0.3 is 20.6 Å². The van der Waals surface area contributed by atoms with Crippen LogP contribution in [-0.4, -0.2) is 42.6 Å². The van der Waals surface area contributed by atoms with Gasteiger partial charge in [0, 0.05) is 11.1 Å². The molecule has 0 radical (unpaired) electrons. The molecule has 0 heterocycles. The van der Waals surface area contributed by atoms with Crippen LogP contribution < -0.4 is 10.5 Å². The monoisotopic (exact) mass is 626 g/mol. The molecule has 7 N–H and O–H groups in total. The molecular weight excluding hydrogens is 604 g/mol. The van der Waals surface area contributed by atoms with Gasteiger partial charge in [0.1, 0.15) is 27.8 Å². The first kappa shape index (κ1) is 30.7. The van der Waals surface area contributed by atoms with E-state index >= 15 is 0 Å². The highest BCUT2D eigenvalue weighted by atomic mass is 32.2. The number of carbonyl (C=O) groups is 1. The first-order valence-corrected chi connectivity index (χ1v) is 14.9. The third kappa shape index (κ3) is 7.16. The zero-order valence-corrected chi connectivity index (χ0v) is 23.6. The second-order valence-electron chi connectivity index (χ2n) is 8.80. The smallest absolute Gasteiger partial charge is 0.296 e. The van der Waals surface area contributed by atoms with Gasteiger partial charge in [-0.3, -0.25) is 9.35 Å². The number of hydrogen-bond donors (Lipinski definition) is 6. The van der Waals surface area contributed by atoms with Crippen molar-refractivity contribution in [2.75, 3.05) is 5.32 Å². The lowest BCUT2D eigenvalue weighted by Crippen LogP contribution is -2.14. The van der Waals surface area contributed by atoms with Gasteiger partial charge in [-0.15, -0.1) is 15.3 Å². The lowest BCUT2D eigenvalue weighted by Gasteiger charge is -2.09. The third-order valence-corrected chi connectivity index (χ3v) is 7.48. The first-order chi connectivity index (χ1) is 20.1. The Labute approximate surface area is 244 Å². The van der Waals surface area contributed by atoms with E-state index in [2.05, 4.69) is 25.8 Å². The molecule has 0 unspecified atom stereocenters. The number of carbonyl (C=O) groups excluding carboxylic acids is 1. The first-order valence-electron chi connectivity index (χ1n) is 11.9. The molecule has 43 heavy (non-hydrogen) atoms. The molecule has 17 heteroatoms. The number of fused-ring (bicyclic) bond motifs is 1. The zero-order chi connectivity index (χ0) is 31.5. The molecule has 0 aliphatic heterocycles. The minimum atomic E-state index is -5.02. The van der Waals surface area contributed by atoms with Crippen molar-refractivity contribution < 1.29 is 41.5 Å². The number of nitrogens with one attached hydrogen (secondary N) is 1. The van der Waals surface area contributed by atoms with Gasteiger partial charge >= 0.3 is 0 Å². The number of amides is 1. The predicted molar refractivity (Wildman–Crippen MR) is 154 cm³/mol. The molecular formula is C26H22N6O9S2. The molecule has 15 nitrogen and oxygen atoms in total. The average Bonchev–Trinajstić information content (AvgIpc) is 2.92. The molecule has 4 aromatic carbocycles. The van der Waals surface area contributed by atoms with Crippen LogP contribution in [0.3, 0.4) is 0 Å². The number of azo groups is 2. The average molecular weight is 627 g/mol. The SMILES string of the molecule is C/C(O)=C(/N=Nc1ccc2c(O)c(N=Nc3cc(S(N)(=O)=O)ccc3O)c(S(=O)(=O)O)cc2c1)C(=O)Nc1ccccc1. The van der Waals surface area contributed by atoms with E-state index in [9.17, 15) is 41.5 Å². The van der Waals surface area contributed by atoms with Crippen LogP contribution in [0.15, 0.2) is 115 Å². The topological polar surface area (TPSA) is 254 Å². The van der Waals surface area contributed by atoms with Crippen LogP contribution in [0, 0.1) is 0 Å². The number of nitrogens with zero attached hydrogens (tertiary/aromatic N) is 4. The maximum Gasteiger partial charge on any atom is 0.296 e. The molecule has 0 spiro atoms. The highest BCUT2D eigenvalue weighted by Gasteiger charge is 2.23. The van der Waals surface area contributed by atoms with Crippen LogP contribution in [0.4, 0.5) is 22.7 Å². The van der Waals surface area contributed by atoms with Crippen LogP contribution in [0.1, 0.15) is 6.92 Å². The summed E-state index contributed by atoms with van der Waals surface area (Å²) in [5.74, 6) is -2.46. The number of aromatic hydroxyl groups is 2. The summed E-state index contributed by atoms with van der Waals surface area (Å²) in [5, 5.41) is 53.6. The summed E-state index contributed by atoms with van der Waals surface area (Å²) in [5.41, 5.74) is -1.04. The van der Waals surface area contributed by atoms with Gasteiger partial charge in [-0.1, -0.05) is 18.2 Å². The Morgan fingerprint density at radius 2 is 1.58 bits per heavy atom. The number of benzene rings is 4. The molecule has 0 saturated heterocycles. The molecule has 0 aliphatic rings. The van der Waals surface area contributed by atoms with Crippen molar-refractivity contribution in [2.45, 2.75) is 16.7 Å². The third-order valence-electron chi connectivity index (χ3n) is 5.70. The number of hydrogen-bond acceptors (Lipinski definition) is 12. The number of primary sulfonamides is 1. The quantitative estimate of drug-likeness (QED) is 0.0659. The largest absolute Gasteiger partial charge is 0.510 e. The minimum absolute atomic E-state index is 0.0266. The van der Waals surface area contributed by atoms with Crippen LogP contribution in [-0.2, 0) is 24.9 Å². The second-order valence-corrected chi connectivity index (χ2v) is 11.8. The Kier molecular flexibility index (Phi) is 8.53. The minimum Gasteiger partial charge on any atom is -0.510 e. The van der Waals surface area contributed by atoms with Gasteiger partial charge in [0.2, 0.25) is 10.0 Å². The van der Waals surface area contributed by atoms with Crippen molar-refractivity contribution in [2.24, 2.45) is 25.6 Å². The fraction of sp³-hybridized carbons (Fsp3) is 0.0385. The van der Waals surface area contributed by atoms with E-state index in [1.165, 1.54) is 25.1 Å². The number of rotatable bonds is 8. The second kappa shape index (κ2) is 11.9. The van der Waals surface area contributed by atoms with Crippen LogP contribution in [0.5, 0.6) is 11.5 Å². The molecule has 0 aromatic heterocycles.